The van der Waals surface area contributed by atoms with Crippen LogP contribution in [0.25, 0.3) is 0 Å². The summed E-state index contributed by atoms with van der Waals surface area (Å²) in [6, 6.07) is 8.15. The number of anilines is 2. The quantitative estimate of drug-likeness (QED) is 0.787. The van der Waals surface area contributed by atoms with Crippen molar-refractivity contribution < 1.29 is 4.74 Å². The Morgan fingerprint density at radius 3 is 1.52 bits per heavy atom. The van der Waals surface area contributed by atoms with Gasteiger partial charge in [-0.3, -0.25) is 0 Å². The standard InChI is InChI=1S/C18H30N2O/c1-15(2)17(5,6)21-18(7,8)16(3,4)20(15)14-11-9-13(19)10-12-14/h9-12H,19H2,1-8H3. The third-order valence-corrected chi connectivity index (χ3v) is 5.73. The largest absolute Gasteiger partial charge is 0.399 e. The minimum absolute atomic E-state index is 0.151. The number of morpholine rings is 1. The Morgan fingerprint density at radius 2 is 1.14 bits per heavy atom. The number of hydrogen-bond acceptors (Lipinski definition) is 3. The molecular formula is C18H30N2O. The summed E-state index contributed by atoms with van der Waals surface area (Å²) in [6.07, 6.45) is 0. The van der Waals surface area contributed by atoms with E-state index in [1.54, 1.807) is 0 Å². The lowest BCUT2D eigenvalue weighted by atomic mass is 9.71. The van der Waals surface area contributed by atoms with Crippen LogP contribution >= 0.6 is 0 Å². The van der Waals surface area contributed by atoms with Crippen LogP contribution in [-0.2, 0) is 4.74 Å². The molecule has 1 aliphatic heterocycles. The second kappa shape index (κ2) is 4.39. The monoisotopic (exact) mass is 290 g/mol. The van der Waals surface area contributed by atoms with Crippen LogP contribution in [0.2, 0.25) is 0 Å². The van der Waals surface area contributed by atoms with Gasteiger partial charge in [0.2, 0.25) is 0 Å². The highest BCUT2D eigenvalue weighted by Crippen LogP contribution is 2.51. The van der Waals surface area contributed by atoms with E-state index in [1.807, 2.05) is 12.1 Å². The molecule has 21 heavy (non-hydrogen) atoms. The van der Waals surface area contributed by atoms with Gasteiger partial charge in [0.1, 0.15) is 0 Å². The predicted molar refractivity (Wildman–Crippen MR) is 90.7 cm³/mol. The minimum atomic E-state index is -0.270. The summed E-state index contributed by atoms with van der Waals surface area (Å²) in [5.41, 5.74) is 6.99. The molecule has 3 nitrogen and oxygen atoms in total. The molecule has 1 fully saturated rings. The highest BCUT2D eigenvalue weighted by atomic mass is 16.5. The Hall–Kier alpha value is -1.22. The van der Waals surface area contributed by atoms with E-state index >= 15 is 0 Å². The smallest absolute Gasteiger partial charge is 0.0860 e. The van der Waals surface area contributed by atoms with E-state index in [1.165, 1.54) is 5.69 Å². The number of nitrogen functional groups attached to an aromatic ring is 1. The van der Waals surface area contributed by atoms with Crippen molar-refractivity contribution in [1.29, 1.82) is 0 Å². The van der Waals surface area contributed by atoms with Crippen LogP contribution in [0.15, 0.2) is 24.3 Å². The van der Waals surface area contributed by atoms with Crippen molar-refractivity contribution >= 4 is 11.4 Å². The molecule has 0 aliphatic carbocycles. The fourth-order valence-electron chi connectivity index (χ4n) is 3.39. The van der Waals surface area contributed by atoms with E-state index < -0.39 is 0 Å². The molecule has 1 saturated heterocycles. The van der Waals surface area contributed by atoms with Crippen LogP contribution in [-0.4, -0.2) is 22.3 Å². The minimum Gasteiger partial charge on any atom is -0.399 e. The molecule has 3 heteroatoms. The number of nitrogens with two attached hydrogens (primary N) is 1. The second-order valence-electron chi connectivity index (χ2n) is 8.17. The van der Waals surface area contributed by atoms with Crippen LogP contribution in [0.5, 0.6) is 0 Å². The first-order valence-corrected chi connectivity index (χ1v) is 7.69. The summed E-state index contributed by atoms with van der Waals surface area (Å²) >= 11 is 0. The van der Waals surface area contributed by atoms with E-state index in [-0.39, 0.29) is 22.3 Å². The fourth-order valence-corrected chi connectivity index (χ4v) is 3.39. The molecule has 118 valence electrons. The highest BCUT2D eigenvalue weighted by molar-refractivity contribution is 5.58. The Morgan fingerprint density at radius 1 is 0.762 bits per heavy atom. The molecule has 0 radical (unpaired) electrons. The van der Waals surface area contributed by atoms with E-state index in [2.05, 4.69) is 72.4 Å². The van der Waals surface area contributed by atoms with Crippen LogP contribution in [0.3, 0.4) is 0 Å². The van der Waals surface area contributed by atoms with E-state index in [0.29, 0.717) is 0 Å². The SMILES string of the molecule is CC1(C)OC(C)(C)C(C)(C)N(c2ccc(N)cc2)C1(C)C. The van der Waals surface area contributed by atoms with Crippen molar-refractivity contribution in [3.63, 3.8) is 0 Å². The zero-order valence-corrected chi connectivity index (χ0v) is 14.7. The first-order valence-electron chi connectivity index (χ1n) is 7.69. The third kappa shape index (κ3) is 2.22. The molecular weight excluding hydrogens is 260 g/mol. The molecule has 0 spiro atoms. The van der Waals surface area contributed by atoms with Gasteiger partial charge in [0.25, 0.3) is 0 Å². The molecule has 1 heterocycles. The third-order valence-electron chi connectivity index (χ3n) is 5.73. The van der Waals surface area contributed by atoms with Gasteiger partial charge in [-0.2, -0.15) is 0 Å². The average molecular weight is 290 g/mol. The topological polar surface area (TPSA) is 38.5 Å². The summed E-state index contributed by atoms with van der Waals surface area (Å²) in [7, 11) is 0. The number of rotatable bonds is 1. The predicted octanol–water partition coefficient (Wildman–Crippen LogP) is 4.22. The van der Waals surface area contributed by atoms with E-state index in [9.17, 15) is 0 Å². The van der Waals surface area contributed by atoms with Gasteiger partial charge in [-0.25, -0.2) is 0 Å². The maximum atomic E-state index is 6.50. The molecule has 1 aromatic carbocycles. The highest BCUT2D eigenvalue weighted by Gasteiger charge is 2.60. The summed E-state index contributed by atoms with van der Waals surface area (Å²) in [4.78, 5) is 2.49. The number of nitrogens with zero attached hydrogens (tertiary/aromatic N) is 1. The normalized spacial score (nSPS) is 25.6. The van der Waals surface area contributed by atoms with Crippen LogP contribution in [0.1, 0.15) is 55.4 Å². The van der Waals surface area contributed by atoms with Crippen molar-refractivity contribution in [2.75, 3.05) is 10.6 Å². The average Bonchev–Trinajstić information content (AvgIpc) is 2.28. The maximum Gasteiger partial charge on any atom is 0.0860 e. The van der Waals surface area contributed by atoms with Crippen molar-refractivity contribution in [3.8, 4) is 0 Å². The maximum absolute atomic E-state index is 6.50. The van der Waals surface area contributed by atoms with Gasteiger partial charge in [0.15, 0.2) is 0 Å². The molecule has 1 aromatic rings. The molecule has 0 amide bonds. The lowest BCUT2D eigenvalue weighted by Crippen LogP contribution is -2.78. The van der Waals surface area contributed by atoms with Crippen molar-refractivity contribution in [2.24, 2.45) is 0 Å². The van der Waals surface area contributed by atoms with Crippen LogP contribution < -0.4 is 10.6 Å². The van der Waals surface area contributed by atoms with Crippen molar-refractivity contribution in [3.05, 3.63) is 24.3 Å². The zero-order valence-electron chi connectivity index (χ0n) is 14.7. The van der Waals surface area contributed by atoms with E-state index in [4.69, 9.17) is 10.5 Å². The molecule has 0 atom stereocenters. The van der Waals surface area contributed by atoms with Gasteiger partial charge in [0.05, 0.1) is 22.3 Å². The molecule has 2 N–H and O–H groups in total. The molecule has 0 aromatic heterocycles. The lowest BCUT2D eigenvalue weighted by Gasteiger charge is -2.67. The van der Waals surface area contributed by atoms with Crippen LogP contribution in [0, 0.1) is 0 Å². The first kappa shape index (κ1) is 16.2. The van der Waals surface area contributed by atoms with Gasteiger partial charge in [0, 0.05) is 11.4 Å². The van der Waals surface area contributed by atoms with Gasteiger partial charge in [-0.15, -0.1) is 0 Å². The van der Waals surface area contributed by atoms with Gasteiger partial charge >= 0.3 is 0 Å². The van der Waals surface area contributed by atoms with Crippen LogP contribution in [0.4, 0.5) is 11.4 Å². The Kier molecular flexibility index (Phi) is 3.38. The van der Waals surface area contributed by atoms with Crippen molar-refractivity contribution in [1.82, 2.24) is 0 Å². The molecule has 0 unspecified atom stereocenters. The van der Waals surface area contributed by atoms with Crippen molar-refractivity contribution in [2.45, 2.75) is 77.7 Å². The second-order valence-corrected chi connectivity index (χ2v) is 8.17. The molecule has 2 rings (SSSR count). The number of benzene rings is 1. The van der Waals surface area contributed by atoms with Gasteiger partial charge in [-0.1, -0.05) is 0 Å². The molecule has 0 saturated carbocycles. The summed E-state index contributed by atoms with van der Waals surface area (Å²) in [5.74, 6) is 0. The molecule has 1 aliphatic rings. The Balaban J connectivity index is 2.64. The summed E-state index contributed by atoms with van der Waals surface area (Å²) < 4.78 is 6.50. The Labute approximate surface area is 129 Å². The zero-order chi connectivity index (χ0) is 16.3. The van der Waals surface area contributed by atoms with E-state index in [0.717, 1.165) is 5.69 Å². The number of hydrogen-bond donors (Lipinski definition) is 1. The molecule has 0 bridgehead atoms. The lowest BCUT2D eigenvalue weighted by molar-refractivity contribution is -0.213. The summed E-state index contributed by atoms with van der Waals surface area (Å²) in [6.45, 7) is 17.7. The Bertz CT molecular complexity index is 501. The first-order chi connectivity index (χ1) is 9.33. The summed E-state index contributed by atoms with van der Waals surface area (Å²) in [5, 5.41) is 0. The fraction of sp³-hybridized carbons (Fsp3) is 0.667. The number of ether oxygens (including phenoxy) is 1. The van der Waals surface area contributed by atoms with Gasteiger partial charge < -0.3 is 15.4 Å². The van der Waals surface area contributed by atoms with Gasteiger partial charge in [-0.05, 0) is 79.7 Å².